The third-order valence-electron chi connectivity index (χ3n) is 5.27. The maximum atomic E-state index is 12.4. The molecule has 0 aliphatic carbocycles. The van der Waals surface area contributed by atoms with Crippen molar-refractivity contribution >= 4 is 34.0 Å². The van der Waals surface area contributed by atoms with Crippen LogP contribution in [0.1, 0.15) is 24.2 Å². The van der Waals surface area contributed by atoms with Crippen LogP contribution in [0, 0.1) is 0 Å². The van der Waals surface area contributed by atoms with Gasteiger partial charge in [-0.2, -0.15) is 4.98 Å². The fraction of sp³-hybridized carbons (Fsp3) is 0.250. The van der Waals surface area contributed by atoms with E-state index in [1.165, 1.54) is 0 Å². The molecule has 0 atom stereocenters. The van der Waals surface area contributed by atoms with Crippen molar-refractivity contribution in [2.24, 2.45) is 0 Å². The molecule has 2 aromatic carbocycles. The Bertz CT molecular complexity index is 1130. The van der Waals surface area contributed by atoms with Crippen LogP contribution >= 0.6 is 11.6 Å². The number of ketones is 1. The van der Waals surface area contributed by atoms with Crippen LogP contribution in [-0.2, 0) is 11.2 Å². The van der Waals surface area contributed by atoms with E-state index in [9.17, 15) is 9.59 Å². The van der Waals surface area contributed by atoms with Crippen molar-refractivity contribution in [2.45, 2.75) is 19.3 Å². The normalized spacial score (nSPS) is 16.0. The quantitative estimate of drug-likeness (QED) is 0.520. The second-order valence-electron chi connectivity index (χ2n) is 6.82. The van der Waals surface area contributed by atoms with Gasteiger partial charge in [0.2, 0.25) is 0 Å². The van der Waals surface area contributed by atoms with Crippen molar-refractivity contribution in [1.29, 1.82) is 0 Å². The standard InChI is InChI=1S/C20H16ClN3O2/c21-15-2-1-3-17-19(15)20(26)22-18-11-12-10-13(4-5-16(12)24(17)18)23-8-6-14(25)7-9-23/h1-5,10H,6-9,11H2. The molecule has 5 nitrogen and oxygen atoms in total. The topological polar surface area (TPSA) is 55.2 Å². The molecule has 1 fully saturated rings. The van der Waals surface area contributed by atoms with Gasteiger partial charge in [0.15, 0.2) is 0 Å². The summed E-state index contributed by atoms with van der Waals surface area (Å²) in [6.45, 7) is 1.53. The molecule has 0 unspecified atom stereocenters. The van der Waals surface area contributed by atoms with Gasteiger partial charge in [-0.25, -0.2) is 0 Å². The summed E-state index contributed by atoms with van der Waals surface area (Å²) in [5.41, 5.74) is 3.81. The minimum absolute atomic E-state index is 0.278. The summed E-state index contributed by atoms with van der Waals surface area (Å²) in [6.07, 6.45) is 1.83. The predicted molar refractivity (Wildman–Crippen MR) is 102 cm³/mol. The van der Waals surface area contributed by atoms with Gasteiger partial charge in [-0.1, -0.05) is 17.7 Å². The van der Waals surface area contributed by atoms with Crippen LogP contribution in [0.3, 0.4) is 0 Å². The summed E-state index contributed by atoms with van der Waals surface area (Å²) in [6, 6.07) is 11.8. The zero-order valence-corrected chi connectivity index (χ0v) is 14.8. The van der Waals surface area contributed by atoms with E-state index < -0.39 is 0 Å². The lowest BCUT2D eigenvalue weighted by atomic mass is 10.1. The molecule has 0 spiro atoms. The van der Waals surface area contributed by atoms with Gasteiger partial charge in [0.25, 0.3) is 5.56 Å². The van der Waals surface area contributed by atoms with E-state index in [2.05, 4.69) is 28.1 Å². The van der Waals surface area contributed by atoms with E-state index in [-0.39, 0.29) is 5.56 Å². The van der Waals surface area contributed by atoms with Gasteiger partial charge in [0.1, 0.15) is 11.6 Å². The highest BCUT2D eigenvalue weighted by molar-refractivity contribution is 6.35. The number of hydrogen-bond donors (Lipinski definition) is 0. The Morgan fingerprint density at radius 3 is 2.65 bits per heavy atom. The largest absolute Gasteiger partial charge is 0.371 e. The molecular formula is C20H16ClN3O2. The van der Waals surface area contributed by atoms with Gasteiger partial charge in [0, 0.05) is 38.0 Å². The highest BCUT2D eigenvalue weighted by atomic mass is 35.5. The molecule has 1 saturated heterocycles. The molecule has 5 rings (SSSR count). The van der Waals surface area contributed by atoms with Crippen LogP contribution in [0.5, 0.6) is 0 Å². The Morgan fingerprint density at radius 2 is 1.85 bits per heavy atom. The van der Waals surface area contributed by atoms with Crippen LogP contribution in [0.15, 0.2) is 41.2 Å². The van der Waals surface area contributed by atoms with E-state index in [0.29, 0.717) is 35.5 Å². The van der Waals surface area contributed by atoms with Crippen molar-refractivity contribution in [3.05, 3.63) is 63.2 Å². The molecule has 0 radical (unpaired) electrons. The maximum absolute atomic E-state index is 12.4. The maximum Gasteiger partial charge on any atom is 0.282 e. The second kappa shape index (κ2) is 5.68. The Hall–Kier alpha value is -2.66. The van der Waals surface area contributed by atoms with E-state index in [1.807, 2.05) is 16.7 Å². The van der Waals surface area contributed by atoms with Gasteiger partial charge in [-0.15, -0.1) is 0 Å². The number of aromatic nitrogens is 2. The molecule has 0 saturated carbocycles. The first-order valence-electron chi connectivity index (χ1n) is 8.72. The number of rotatable bonds is 1. The van der Waals surface area contributed by atoms with Crippen LogP contribution in [0.2, 0.25) is 5.02 Å². The van der Waals surface area contributed by atoms with Crippen LogP contribution < -0.4 is 10.5 Å². The number of halogens is 1. The summed E-state index contributed by atoms with van der Waals surface area (Å²) in [5.74, 6) is 1.08. The minimum Gasteiger partial charge on any atom is -0.371 e. The van der Waals surface area contributed by atoms with Gasteiger partial charge < -0.3 is 4.90 Å². The van der Waals surface area contributed by atoms with Crippen molar-refractivity contribution in [3.63, 3.8) is 0 Å². The molecule has 0 bridgehead atoms. The van der Waals surface area contributed by atoms with Crippen molar-refractivity contribution in [2.75, 3.05) is 18.0 Å². The van der Waals surface area contributed by atoms with Crippen molar-refractivity contribution < 1.29 is 4.79 Å². The van der Waals surface area contributed by atoms with Gasteiger partial charge in [-0.05, 0) is 35.9 Å². The third kappa shape index (κ3) is 2.27. The fourth-order valence-electron chi connectivity index (χ4n) is 3.97. The SMILES string of the molecule is O=C1CCN(c2ccc3c(c2)Cc2nc(=O)c4c(Cl)cccc4n2-3)CC1. The third-order valence-corrected chi connectivity index (χ3v) is 5.59. The number of nitrogens with zero attached hydrogens (tertiary/aromatic N) is 3. The number of fused-ring (bicyclic) bond motifs is 5. The molecule has 0 amide bonds. The minimum atomic E-state index is -0.278. The lowest BCUT2D eigenvalue weighted by Gasteiger charge is -2.28. The van der Waals surface area contributed by atoms with Gasteiger partial charge in [0.05, 0.1) is 21.6 Å². The molecule has 2 aliphatic rings. The average Bonchev–Trinajstić information content (AvgIpc) is 2.99. The first-order valence-corrected chi connectivity index (χ1v) is 9.10. The molecule has 130 valence electrons. The highest BCUT2D eigenvalue weighted by Crippen LogP contribution is 2.34. The molecule has 1 aromatic heterocycles. The van der Waals surface area contributed by atoms with E-state index in [0.717, 1.165) is 41.4 Å². The lowest BCUT2D eigenvalue weighted by molar-refractivity contribution is -0.119. The number of carbonyl (C=O) groups excluding carboxylic acids is 1. The Kier molecular flexibility index (Phi) is 3.40. The molecule has 6 heteroatoms. The number of hydrogen-bond acceptors (Lipinski definition) is 4. The Labute approximate surface area is 154 Å². The number of benzene rings is 2. The molecule has 3 aromatic rings. The average molecular weight is 366 g/mol. The van der Waals surface area contributed by atoms with Crippen LogP contribution in [-0.4, -0.2) is 28.4 Å². The van der Waals surface area contributed by atoms with E-state index in [4.69, 9.17) is 11.6 Å². The molecule has 0 N–H and O–H groups in total. The summed E-state index contributed by atoms with van der Waals surface area (Å²) in [5, 5.41) is 0.891. The number of carbonyl (C=O) groups is 1. The number of Topliss-reactive ketones (excluding diaryl/α,β-unsaturated/α-hetero) is 1. The zero-order valence-electron chi connectivity index (χ0n) is 14.0. The zero-order chi connectivity index (χ0) is 17.8. The predicted octanol–water partition coefficient (Wildman–Crippen LogP) is 3.11. The number of anilines is 1. The second-order valence-corrected chi connectivity index (χ2v) is 7.23. The van der Waals surface area contributed by atoms with E-state index >= 15 is 0 Å². The summed E-state index contributed by atoms with van der Waals surface area (Å²) in [7, 11) is 0. The van der Waals surface area contributed by atoms with Crippen molar-refractivity contribution in [3.8, 4) is 5.69 Å². The van der Waals surface area contributed by atoms with Gasteiger partial charge >= 0.3 is 0 Å². The monoisotopic (exact) mass is 365 g/mol. The fourth-order valence-corrected chi connectivity index (χ4v) is 4.22. The molecule has 2 aliphatic heterocycles. The summed E-state index contributed by atoms with van der Waals surface area (Å²) in [4.78, 5) is 30.4. The van der Waals surface area contributed by atoms with Gasteiger partial charge in [-0.3, -0.25) is 14.2 Å². The summed E-state index contributed by atoms with van der Waals surface area (Å²) >= 11 is 6.24. The molecule has 3 heterocycles. The molecule has 26 heavy (non-hydrogen) atoms. The van der Waals surface area contributed by atoms with Crippen LogP contribution in [0.25, 0.3) is 16.6 Å². The Balaban J connectivity index is 1.64. The summed E-state index contributed by atoms with van der Waals surface area (Å²) < 4.78 is 2.03. The first-order chi connectivity index (χ1) is 12.6. The number of piperidine rings is 1. The smallest absolute Gasteiger partial charge is 0.282 e. The highest BCUT2D eigenvalue weighted by Gasteiger charge is 2.24. The van der Waals surface area contributed by atoms with Crippen molar-refractivity contribution in [1.82, 2.24) is 9.55 Å². The Morgan fingerprint density at radius 1 is 1.04 bits per heavy atom. The first kappa shape index (κ1) is 15.6. The van der Waals surface area contributed by atoms with Crippen LogP contribution in [0.4, 0.5) is 5.69 Å². The molecular weight excluding hydrogens is 350 g/mol. The van der Waals surface area contributed by atoms with E-state index in [1.54, 1.807) is 6.07 Å². The lowest BCUT2D eigenvalue weighted by Crippen LogP contribution is -2.33.